The van der Waals surface area contributed by atoms with E-state index in [0.29, 0.717) is 34.9 Å². The van der Waals surface area contributed by atoms with Crippen LogP contribution in [0, 0.1) is 12.8 Å². The van der Waals surface area contributed by atoms with Crippen LogP contribution in [0.25, 0.3) is 0 Å². The molecule has 3 N–H and O–H groups in total. The van der Waals surface area contributed by atoms with Gasteiger partial charge in [0.25, 0.3) is 5.91 Å². The van der Waals surface area contributed by atoms with Gasteiger partial charge in [0, 0.05) is 11.3 Å². The van der Waals surface area contributed by atoms with E-state index < -0.39 is 22.0 Å². The number of rotatable bonds is 9. The van der Waals surface area contributed by atoms with Crippen LogP contribution in [-0.2, 0) is 14.8 Å². The Hall–Kier alpha value is -3.07. The summed E-state index contributed by atoms with van der Waals surface area (Å²) in [7, 11) is -3.46. The molecular weight excluding hydrogens is 418 g/mol. The highest BCUT2D eigenvalue weighted by Crippen LogP contribution is 2.22. The molecule has 0 fully saturated rings. The number of amides is 2. The zero-order chi connectivity index (χ0) is 23.2. The highest BCUT2D eigenvalue weighted by molar-refractivity contribution is 7.92. The summed E-state index contributed by atoms with van der Waals surface area (Å²) < 4.78 is 30.9. The maximum Gasteiger partial charge on any atom is 0.251 e. The molecule has 0 saturated heterocycles. The maximum atomic E-state index is 12.9. The van der Waals surface area contributed by atoms with Gasteiger partial charge in [0.15, 0.2) is 0 Å². The van der Waals surface area contributed by atoms with Crippen LogP contribution in [0.1, 0.15) is 36.7 Å². The lowest BCUT2D eigenvalue weighted by atomic mass is 10.0. The summed E-state index contributed by atoms with van der Waals surface area (Å²) in [6.45, 7) is 7.82. The Bertz CT molecular complexity index is 1030. The molecule has 0 aromatic heterocycles. The van der Waals surface area contributed by atoms with Gasteiger partial charge in [-0.2, -0.15) is 0 Å². The summed E-state index contributed by atoms with van der Waals surface area (Å²) in [6, 6.07) is 10.8. The van der Waals surface area contributed by atoms with E-state index in [1.807, 2.05) is 20.8 Å². The number of nitrogens with one attached hydrogen (secondary N) is 3. The van der Waals surface area contributed by atoms with Crippen LogP contribution in [0.15, 0.2) is 42.5 Å². The number of ether oxygens (including phenoxy) is 1. The summed E-state index contributed by atoms with van der Waals surface area (Å²) in [5.41, 5.74) is 1.92. The zero-order valence-electron chi connectivity index (χ0n) is 18.4. The van der Waals surface area contributed by atoms with E-state index >= 15 is 0 Å². The molecule has 2 aromatic rings. The lowest BCUT2D eigenvalue weighted by Crippen LogP contribution is -2.47. The first-order valence-corrected chi connectivity index (χ1v) is 11.8. The van der Waals surface area contributed by atoms with Crippen molar-refractivity contribution in [3.63, 3.8) is 0 Å². The number of carbonyl (C=O) groups excluding carboxylic acids is 2. The second kappa shape index (κ2) is 10.3. The van der Waals surface area contributed by atoms with E-state index in [4.69, 9.17) is 4.74 Å². The molecule has 0 aliphatic heterocycles. The van der Waals surface area contributed by atoms with Crippen LogP contribution in [0.3, 0.4) is 0 Å². The number of anilines is 2. The molecule has 2 amide bonds. The van der Waals surface area contributed by atoms with Crippen LogP contribution in [-0.4, -0.2) is 39.1 Å². The van der Waals surface area contributed by atoms with Crippen molar-refractivity contribution >= 4 is 33.2 Å². The third-order valence-electron chi connectivity index (χ3n) is 4.46. The van der Waals surface area contributed by atoms with Crippen molar-refractivity contribution in [2.75, 3.05) is 22.9 Å². The molecule has 8 nitrogen and oxygen atoms in total. The second-order valence-electron chi connectivity index (χ2n) is 7.55. The van der Waals surface area contributed by atoms with Gasteiger partial charge in [-0.25, -0.2) is 8.42 Å². The van der Waals surface area contributed by atoms with E-state index in [0.717, 1.165) is 6.26 Å². The molecule has 1 unspecified atom stereocenters. The predicted molar refractivity (Wildman–Crippen MR) is 122 cm³/mol. The van der Waals surface area contributed by atoms with Gasteiger partial charge in [-0.05, 0) is 61.7 Å². The molecule has 168 valence electrons. The summed E-state index contributed by atoms with van der Waals surface area (Å²) in [6.07, 6.45) is 1.06. The Morgan fingerprint density at radius 1 is 1.06 bits per heavy atom. The number of carbonyl (C=O) groups is 2. The highest BCUT2D eigenvalue weighted by Gasteiger charge is 2.25. The third-order valence-corrected chi connectivity index (χ3v) is 5.05. The smallest absolute Gasteiger partial charge is 0.251 e. The van der Waals surface area contributed by atoms with Crippen LogP contribution in [0.5, 0.6) is 5.75 Å². The standard InChI is InChI=1S/C22H29N3O5S/c1-6-30-18-11-8-16(9-12-18)21(26)24-20(14(2)3)22(27)23-17-10-7-15(4)19(13-17)25-31(5,28)29/h7-14,20,25H,6H2,1-5H3,(H,23,27)(H,24,26). The van der Waals surface area contributed by atoms with Gasteiger partial charge in [-0.3, -0.25) is 14.3 Å². The van der Waals surface area contributed by atoms with E-state index in [-0.39, 0.29) is 11.8 Å². The molecular formula is C22H29N3O5S. The minimum Gasteiger partial charge on any atom is -0.494 e. The van der Waals surface area contributed by atoms with Crippen LogP contribution < -0.4 is 20.1 Å². The first-order chi connectivity index (χ1) is 14.5. The first-order valence-electron chi connectivity index (χ1n) is 9.93. The fourth-order valence-corrected chi connectivity index (χ4v) is 3.48. The van der Waals surface area contributed by atoms with E-state index in [1.165, 1.54) is 0 Å². The molecule has 0 aliphatic rings. The Kier molecular flexibility index (Phi) is 8.04. The predicted octanol–water partition coefficient (Wildman–Crippen LogP) is 3.16. The van der Waals surface area contributed by atoms with Crippen molar-refractivity contribution in [1.82, 2.24) is 5.32 Å². The SMILES string of the molecule is CCOc1ccc(C(=O)NC(C(=O)Nc2ccc(C)c(NS(C)(=O)=O)c2)C(C)C)cc1. The summed E-state index contributed by atoms with van der Waals surface area (Å²) >= 11 is 0. The van der Waals surface area contributed by atoms with Crippen molar-refractivity contribution in [2.24, 2.45) is 5.92 Å². The topological polar surface area (TPSA) is 114 Å². The van der Waals surface area contributed by atoms with Crippen LogP contribution in [0.4, 0.5) is 11.4 Å². The molecule has 0 aliphatic carbocycles. The summed E-state index contributed by atoms with van der Waals surface area (Å²) in [4.78, 5) is 25.5. The van der Waals surface area contributed by atoms with Gasteiger partial charge < -0.3 is 15.4 Å². The number of aryl methyl sites for hydroxylation is 1. The van der Waals surface area contributed by atoms with Crippen molar-refractivity contribution in [3.05, 3.63) is 53.6 Å². The van der Waals surface area contributed by atoms with Gasteiger partial charge in [0.1, 0.15) is 11.8 Å². The lowest BCUT2D eigenvalue weighted by molar-refractivity contribution is -0.118. The van der Waals surface area contributed by atoms with E-state index in [9.17, 15) is 18.0 Å². The summed E-state index contributed by atoms with van der Waals surface area (Å²) in [5.74, 6) is -0.288. The van der Waals surface area contributed by atoms with E-state index in [1.54, 1.807) is 49.4 Å². The fourth-order valence-electron chi connectivity index (χ4n) is 2.86. The fraction of sp³-hybridized carbons (Fsp3) is 0.364. The lowest BCUT2D eigenvalue weighted by Gasteiger charge is -2.22. The van der Waals surface area contributed by atoms with Crippen molar-refractivity contribution in [2.45, 2.75) is 33.7 Å². The average Bonchev–Trinajstić information content (AvgIpc) is 2.68. The highest BCUT2D eigenvalue weighted by atomic mass is 32.2. The number of benzene rings is 2. The van der Waals surface area contributed by atoms with Gasteiger partial charge in [0.05, 0.1) is 18.6 Å². The number of sulfonamides is 1. The zero-order valence-corrected chi connectivity index (χ0v) is 19.2. The molecule has 0 spiro atoms. The Morgan fingerprint density at radius 3 is 2.26 bits per heavy atom. The molecule has 2 rings (SSSR count). The van der Waals surface area contributed by atoms with Crippen LogP contribution in [0.2, 0.25) is 0 Å². The van der Waals surface area contributed by atoms with Crippen molar-refractivity contribution < 1.29 is 22.7 Å². The molecule has 0 radical (unpaired) electrons. The molecule has 0 heterocycles. The molecule has 2 aromatic carbocycles. The second-order valence-corrected chi connectivity index (χ2v) is 9.29. The minimum absolute atomic E-state index is 0.175. The van der Waals surface area contributed by atoms with Crippen molar-refractivity contribution in [3.8, 4) is 5.75 Å². The average molecular weight is 448 g/mol. The number of hydrogen-bond acceptors (Lipinski definition) is 5. The van der Waals surface area contributed by atoms with Gasteiger partial charge in [-0.1, -0.05) is 19.9 Å². The number of hydrogen-bond donors (Lipinski definition) is 3. The molecule has 0 saturated carbocycles. The van der Waals surface area contributed by atoms with Crippen LogP contribution >= 0.6 is 0 Å². The molecule has 31 heavy (non-hydrogen) atoms. The minimum atomic E-state index is -3.46. The molecule has 0 bridgehead atoms. The Labute approximate surface area is 183 Å². The normalized spacial score (nSPS) is 12.2. The maximum absolute atomic E-state index is 12.9. The monoisotopic (exact) mass is 447 g/mol. The Morgan fingerprint density at radius 2 is 1.71 bits per heavy atom. The van der Waals surface area contributed by atoms with Gasteiger partial charge in [0.2, 0.25) is 15.9 Å². The van der Waals surface area contributed by atoms with E-state index in [2.05, 4.69) is 15.4 Å². The quantitative estimate of drug-likeness (QED) is 0.546. The van der Waals surface area contributed by atoms with Crippen molar-refractivity contribution in [1.29, 1.82) is 0 Å². The third kappa shape index (κ3) is 7.29. The Balaban J connectivity index is 2.13. The molecule has 1 atom stereocenters. The largest absolute Gasteiger partial charge is 0.494 e. The first kappa shape index (κ1) is 24.2. The van der Waals surface area contributed by atoms with Gasteiger partial charge in [-0.15, -0.1) is 0 Å². The molecule has 9 heteroatoms. The summed E-state index contributed by atoms with van der Waals surface area (Å²) in [5, 5.41) is 5.52. The van der Waals surface area contributed by atoms with Gasteiger partial charge >= 0.3 is 0 Å².